The molecule has 0 aliphatic heterocycles. The van der Waals surface area contributed by atoms with Crippen LogP contribution in [-0.4, -0.2) is 30.6 Å². The molecule has 1 heterocycles. The van der Waals surface area contributed by atoms with Crippen LogP contribution in [0.5, 0.6) is 11.5 Å². The largest absolute Gasteiger partial charge is 0.493 e. The summed E-state index contributed by atoms with van der Waals surface area (Å²) < 4.78 is 10.6. The lowest BCUT2D eigenvalue weighted by molar-refractivity contribution is -0.121. The fourth-order valence-corrected chi connectivity index (χ4v) is 1.96. The summed E-state index contributed by atoms with van der Waals surface area (Å²) in [5.74, 6) is 1.34. The summed E-state index contributed by atoms with van der Waals surface area (Å²) in [5, 5.41) is 4.81. The van der Waals surface area contributed by atoms with Gasteiger partial charge in [-0.3, -0.25) is 4.79 Å². The van der Waals surface area contributed by atoms with Crippen LogP contribution in [0.3, 0.4) is 0 Å². The summed E-state index contributed by atoms with van der Waals surface area (Å²) in [7, 11) is 3.15. The highest BCUT2D eigenvalue weighted by atomic mass is 16.5. The molecule has 2 aromatic rings. The van der Waals surface area contributed by atoms with E-state index in [1.165, 1.54) is 0 Å². The van der Waals surface area contributed by atoms with E-state index in [4.69, 9.17) is 15.2 Å². The van der Waals surface area contributed by atoms with Gasteiger partial charge in [0, 0.05) is 11.6 Å². The van der Waals surface area contributed by atoms with Crippen molar-refractivity contribution in [3.05, 3.63) is 24.4 Å². The van der Waals surface area contributed by atoms with E-state index in [9.17, 15) is 4.79 Å². The van der Waals surface area contributed by atoms with Gasteiger partial charge in [-0.05, 0) is 37.4 Å². The van der Waals surface area contributed by atoms with Crippen molar-refractivity contribution in [1.82, 2.24) is 4.98 Å². The molecule has 0 atom stereocenters. The molecule has 1 aromatic heterocycles. The van der Waals surface area contributed by atoms with Crippen LogP contribution in [0, 0.1) is 0 Å². The van der Waals surface area contributed by atoms with E-state index in [1.807, 2.05) is 18.2 Å². The molecule has 0 unspecified atom stereocenters. The van der Waals surface area contributed by atoms with E-state index in [-0.39, 0.29) is 0 Å². The van der Waals surface area contributed by atoms with Crippen molar-refractivity contribution < 1.29 is 14.3 Å². The lowest BCUT2D eigenvalue weighted by Crippen LogP contribution is -2.45. The summed E-state index contributed by atoms with van der Waals surface area (Å²) in [4.78, 5) is 15.8. The second-order valence-electron chi connectivity index (χ2n) is 5.20. The van der Waals surface area contributed by atoms with Crippen molar-refractivity contribution in [3.63, 3.8) is 0 Å². The lowest BCUT2D eigenvalue weighted by Gasteiger charge is -2.24. The first-order valence-electron chi connectivity index (χ1n) is 6.48. The van der Waals surface area contributed by atoms with Gasteiger partial charge in [-0.1, -0.05) is 0 Å². The summed E-state index contributed by atoms with van der Waals surface area (Å²) in [6.45, 7) is 3.41. The second kappa shape index (κ2) is 5.47. The third kappa shape index (κ3) is 2.84. The Hall–Kier alpha value is -2.50. The van der Waals surface area contributed by atoms with Crippen LogP contribution < -0.4 is 20.5 Å². The first kappa shape index (κ1) is 14.9. The zero-order valence-electron chi connectivity index (χ0n) is 12.6. The molecule has 2 rings (SSSR count). The van der Waals surface area contributed by atoms with Gasteiger partial charge in [0.1, 0.15) is 11.4 Å². The van der Waals surface area contributed by atoms with Crippen LogP contribution in [0.15, 0.2) is 24.4 Å². The summed E-state index contributed by atoms with van der Waals surface area (Å²) in [6.07, 6.45) is 1.66. The Balaban J connectivity index is 2.57. The third-order valence-corrected chi connectivity index (χ3v) is 3.32. The highest BCUT2D eigenvalue weighted by molar-refractivity contribution is 5.96. The quantitative estimate of drug-likeness (QED) is 0.878. The SMILES string of the molecule is COc1cc2ccnc(NC(C)(C)C(N)=O)c2cc1OC. The van der Waals surface area contributed by atoms with Crippen LogP contribution in [-0.2, 0) is 4.79 Å². The maximum atomic E-state index is 11.5. The molecular weight excluding hydrogens is 270 g/mol. The minimum atomic E-state index is -0.908. The van der Waals surface area contributed by atoms with Gasteiger partial charge in [0.15, 0.2) is 11.5 Å². The van der Waals surface area contributed by atoms with E-state index < -0.39 is 11.4 Å². The molecule has 0 fully saturated rings. The van der Waals surface area contributed by atoms with E-state index >= 15 is 0 Å². The molecule has 6 heteroatoms. The number of ether oxygens (including phenoxy) is 2. The number of nitrogens with one attached hydrogen (secondary N) is 1. The number of methoxy groups -OCH3 is 2. The molecule has 0 saturated carbocycles. The van der Waals surface area contributed by atoms with Crippen molar-refractivity contribution in [3.8, 4) is 11.5 Å². The Morgan fingerprint density at radius 1 is 1.24 bits per heavy atom. The van der Waals surface area contributed by atoms with Gasteiger partial charge in [0.2, 0.25) is 5.91 Å². The summed E-state index contributed by atoms with van der Waals surface area (Å²) in [5.41, 5.74) is 4.48. The Morgan fingerprint density at radius 3 is 2.43 bits per heavy atom. The number of carbonyl (C=O) groups excluding carboxylic acids is 1. The molecule has 3 N–H and O–H groups in total. The van der Waals surface area contributed by atoms with Crippen molar-refractivity contribution >= 4 is 22.5 Å². The molecule has 0 spiro atoms. The van der Waals surface area contributed by atoms with Crippen LogP contribution in [0.2, 0.25) is 0 Å². The number of hydrogen-bond donors (Lipinski definition) is 2. The highest BCUT2D eigenvalue weighted by Gasteiger charge is 2.25. The third-order valence-electron chi connectivity index (χ3n) is 3.32. The number of aromatic nitrogens is 1. The molecule has 21 heavy (non-hydrogen) atoms. The lowest BCUT2D eigenvalue weighted by atomic mass is 10.0. The van der Waals surface area contributed by atoms with Crippen LogP contribution >= 0.6 is 0 Å². The molecule has 1 aromatic carbocycles. The second-order valence-corrected chi connectivity index (χ2v) is 5.20. The molecule has 6 nitrogen and oxygen atoms in total. The number of primary amides is 1. The summed E-state index contributed by atoms with van der Waals surface area (Å²) in [6, 6.07) is 5.54. The fourth-order valence-electron chi connectivity index (χ4n) is 1.96. The minimum absolute atomic E-state index is 0.457. The number of amides is 1. The van der Waals surface area contributed by atoms with E-state index in [2.05, 4.69) is 10.3 Å². The van der Waals surface area contributed by atoms with Crippen molar-refractivity contribution in [1.29, 1.82) is 0 Å². The molecule has 0 bridgehead atoms. The van der Waals surface area contributed by atoms with Gasteiger partial charge in [-0.2, -0.15) is 0 Å². The zero-order chi connectivity index (χ0) is 15.6. The number of hydrogen-bond acceptors (Lipinski definition) is 5. The van der Waals surface area contributed by atoms with Gasteiger partial charge in [0.25, 0.3) is 0 Å². The average molecular weight is 289 g/mol. The number of benzene rings is 1. The van der Waals surface area contributed by atoms with Gasteiger partial charge < -0.3 is 20.5 Å². The Kier molecular flexibility index (Phi) is 3.88. The van der Waals surface area contributed by atoms with Gasteiger partial charge in [0.05, 0.1) is 14.2 Å². The predicted molar refractivity (Wildman–Crippen MR) is 81.7 cm³/mol. The Labute approximate surface area is 123 Å². The maximum Gasteiger partial charge on any atom is 0.242 e. The monoisotopic (exact) mass is 289 g/mol. The maximum absolute atomic E-state index is 11.5. The normalized spacial score (nSPS) is 11.2. The van der Waals surface area contributed by atoms with Gasteiger partial charge in [-0.15, -0.1) is 0 Å². The standard InChI is InChI=1S/C15H19N3O3/c1-15(2,14(16)19)18-13-10-8-12(21-4)11(20-3)7-9(10)5-6-17-13/h5-8H,1-4H3,(H2,16,19)(H,17,18). The molecule has 0 radical (unpaired) electrons. The van der Waals surface area contributed by atoms with Crippen molar-refractivity contribution in [2.75, 3.05) is 19.5 Å². The fraction of sp³-hybridized carbons (Fsp3) is 0.333. The summed E-state index contributed by atoms with van der Waals surface area (Å²) >= 11 is 0. The van der Waals surface area contributed by atoms with Crippen molar-refractivity contribution in [2.24, 2.45) is 5.73 Å². The number of fused-ring (bicyclic) bond motifs is 1. The molecule has 0 saturated heterocycles. The molecule has 0 aliphatic rings. The molecule has 112 valence electrons. The first-order valence-corrected chi connectivity index (χ1v) is 6.48. The smallest absolute Gasteiger partial charge is 0.242 e. The number of carbonyl (C=O) groups is 1. The van der Waals surface area contributed by atoms with E-state index in [1.54, 1.807) is 34.3 Å². The Bertz CT molecular complexity index is 683. The molecular formula is C15H19N3O3. The number of pyridine rings is 1. The molecule has 1 amide bonds. The van der Waals surface area contributed by atoms with Crippen LogP contribution in [0.4, 0.5) is 5.82 Å². The van der Waals surface area contributed by atoms with Gasteiger partial charge >= 0.3 is 0 Å². The predicted octanol–water partition coefficient (Wildman–Crippen LogP) is 1.93. The van der Waals surface area contributed by atoms with Crippen molar-refractivity contribution in [2.45, 2.75) is 19.4 Å². The van der Waals surface area contributed by atoms with Crippen LogP contribution in [0.1, 0.15) is 13.8 Å². The van der Waals surface area contributed by atoms with E-state index in [0.29, 0.717) is 17.3 Å². The average Bonchev–Trinajstić information content (AvgIpc) is 2.45. The number of rotatable bonds is 5. The minimum Gasteiger partial charge on any atom is -0.493 e. The first-order chi connectivity index (χ1) is 9.89. The van der Waals surface area contributed by atoms with Gasteiger partial charge in [-0.25, -0.2) is 4.98 Å². The van der Waals surface area contributed by atoms with E-state index in [0.717, 1.165) is 10.8 Å². The number of nitrogens with zero attached hydrogens (tertiary/aromatic N) is 1. The number of nitrogens with two attached hydrogens (primary N) is 1. The molecule has 0 aliphatic carbocycles. The Morgan fingerprint density at radius 2 is 1.86 bits per heavy atom. The zero-order valence-corrected chi connectivity index (χ0v) is 12.6. The number of anilines is 1. The van der Waals surface area contributed by atoms with Crippen LogP contribution in [0.25, 0.3) is 10.8 Å². The topological polar surface area (TPSA) is 86.5 Å². The highest BCUT2D eigenvalue weighted by Crippen LogP contribution is 2.35.